The highest BCUT2D eigenvalue weighted by molar-refractivity contribution is 7.18. The van der Waals surface area contributed by atoms with E-state index in [1.807, 2.05) is 19.9 Å². The molecule has 0 amide bonds. The van der Waals surface area contributed by atoms with Gasteiger partial charge in [0.15, 0.2) is 0 Å². The van der Waals surface area contributed by atoms with E-state index in [1.165, 1.54) is 18.4 Å². The molecule has 0 spiro atoms. The molecule has 0 bridgehead atoms. The van der Waals surface area contributed by atoms with Crippen LogP contribution in [0.15, 0.2) is 6.07 Å². The molecule has 1 saturated heterocycles. The zero-order valence-corrected chi connectivity index (χ0v) is 11.6. The maximum Gasteiger partial charge on any atom is 0.350 e. The minimum atomic E-state index is -0.377. The molecule has 2 N–H and O–H groups in total. The lowest BCUT2D eigenvalue weighted by Gasteiger charge is -2.35. The first-order valence-corrected chi connectivity index (χ1v) is 6.71. The number of carbonyl (C=O) groups is 1. The Balaban J connectivity index is 2.21. The summed E-state index contributed by atoms with van der Waals surface area (Å²) in [6, 6.07) is 1.84. The van der Waals surface area contributed by atoms with Crippen LogP contribution in [0.4, 0.5) is 10.7 Å². The quantitative estimate of drug-likeness (QED) is 0.829. The second kappa shape index (κ2) is 5.16. The number of nitrogens with zero attached hydrogens (tertiary/aromatic N) is 1. The maximum atomic E-state index is 11.5. The van der Waals surface area contributed by atoms with E-state index in [-0.39, 0.29) is 18.2 Å². The second-order valence-corrected chi connectivity index (χ2v) is 5.55. The normalized spacial score (nSPS) is 24.1. The van der Waals surface area contributed by atoms with Crippen molar-refractivity contribution in [3.63, 3.8) is 0 Å². The molecule has 2 heterocycles. The number of hydrogen-bond acceptors (Lipinski definition) is 6. The zero-order chi connectivity index (χ0) is 13.3. The number of anilines is 2. The first-order valence-electron chi connectivity index (χ1n) is 5.89. The van der Waals surface area contributed by atoms with Crippen molar-refractivity contribution in [2.24, 2.45) is 0 Å². The summed E-state index contributed by atoms with van der Waals surface area (Å²) >= 11 is 1.37. The van der Waals surface area contributed by atoms with Crippen LogP contribution < -0.4 is 10.6 Å². The third-order valence-electron chi connectivity index (χ3n) is 2.85. The number of morpholine rings is 1. The van der Waals surface area contributed by atoms with Crippen molar-refractivity contribution in [1.29, 1.82) is 0 Å². The monoisotopic (exact) mass is 270 g/mol. The third kappa shape index (κ3) is 2.59. The lowest BCUT2D eigenvalue weighted by molar-refractivity contribution is -0.00500. The standard InChI is InChI=1S/C12H18N2O3S/c1-7-5-14(6-8(2)17-7)10-4-9(13)11(18-10)12(15)16-3/h4,7-8H,5-6,13H2,1-3H3. The summed E-state index contributed by atoms with van der Waals surface area (Å²) in [5, 5.41) is 0.995. The van der Waals surface area contributed by atoms with Crippen molar-refractivity contribution in [2.45, 2.75) is 26.1 Å². The van der Waals surface area contributed by atoms with Crippen LogP contribution in [0.5, 0.6) is 0 Å². The average molecular weight is 270 g/mol. The van der Waals surface area contributed by atoms with Gasteiger partial charge in [-0.3, -0.25) is 0 Å². The van der Waals surface area contributed by atoms with Gasteiger partial charge in [0.25, 0.3) is 0 Å². The number of esters is 1. The molecule has 2 unspecified atom stereocenters. The minimum Gasteiger partial charge on any atom is -0.465 e. The SMILES string of the molecule is COC(=O)c1sc(N2CC(C)OC(C)C2)cc1N. The summed E-state index contributed by atoms with van der Waals surface area (Å²) in [7, 11) is 1.36. The number of methoxy groups -OCH3 is 1. The lowest BCUT2D eigenvalue weighted by atomic mass is 10.2. The van der Waals surface area contributed by atoms with E-state index in [1.54, 1.807) is 0 Å². The molecule has 0 saturated carbocycles. The Labute approximate surface area is 110 Å². The van der Waals surface area contributed by atoms with Gasteiger partial charge in [0, 0.05) is 13.1 Å². The lowest BCUT2D eigenvalue weighted by Crippen LogP contribution is -2.45. The first-order chi connectivity index (χ1) is 8.51. The molecule has 100 valence electrons. The molecule has 1 aliphatic rings. The van der Waals surface area contributed by atoms with Crippen LogP contribution in [0.2, 0.25) is 0 Å². The summed E-state index contributed by atoms with van der Waals surface area (Å²) < 4.78 is 10.4. The third-order valence-corrected chi connectivity index (χ3v) is 4.04. The van der Waals surface area contributed by atoms with Crippen LogP contribution >= 0.6 is 11.3 Å². The molecule has 1 aromatic heterocycles. The van der Waals surface area contributed by atoms with E-state index >= 15 is 0 Å². The molecule has 1 aromatic rings. The Bertz CT molecular complexity index is 437. The van der Waals surface area contributed by atoms with Crippen molar-refractivity contribution in [3.8, 4) is 0 Å². The maximum absolute atomic E-state index is 11.5. The van der Waals surface area contributed by atoms with Crippen molar-refractivity contribution in [2.75, 3.05) is 30.8 Å². The summed E-state index contributed by atoms with van der Waals surface area (Å²) in [5.74, 6) is -0.377. The van der Waals surface area contributed by atoms with Crippen LogP contribution in [0.1, 0.15) is 23.5 Å². The molecule has 1 aliphatic heterocycles. The molecule has 5 nitrogen and oxygen atoms in total. The Morgan fingerprint density at radius 3 is 2.67 bits per heavy atom. The zero-order valence-electron chi connectivity index (χ0n) is 10.8. The van der Waals surface area contributed by atoms with Crippen LogP contribution in [-0.2, 0) is 9.47 Å². The highest BCUT2D eigenvalue weighted by Gasteiger charge is 2.25. The largest absolute Gasteiger partial charge is 0.465 e. The van der Waals surface area contributed by atoms with Crippen molar-refractivity contribution in [3.05, 3.63) is 10.9 Å². The van der Waals surface area contributed by atoms with Gasteiger partial charge >= 0.3 is 5.97 Å². The molecule has 6 heteroatoms. The smallest absolute Gasteiger partial charge is 0.350 e. The fourth-order valence-electron chi connectivity index (χ4n) is 2.16. The minimum absolute atomic E-state index is 0.179. The summed E-state index contributed by atoms with van der Waals surface area (Å²) in [6.45, 7) is 5.71. The highest BCUT2D eigenvalue weighted by Crippen LogP contribution is 2.34. The Hall–Kier alpha value is -1.27. The van der Waals surface area contributed by atoms with E-state index in [2.05, 4.69) is 4.90 Å². The van der Waals surface area contributed by atoms with Crippen LogP contribution in [-0.4, -0.2) is 38.4 Å². The number of ether oxygens (including phenoxy) is 2. The van der Waals surface area contributed by atoms with Gasteiger partial charge in [-0.25, -0.2) is 4.79 Å². The van der Waals surface area contributed by atoms with E-state index in [4.69, 9.17) is 15.2 Å². The predicted octanol–water partition coefficient (Wildman–Crippen LogP) is 1.73. The fourth-order valence-corrected chi connectivity index (χ4v) is 3.17. The van der Waals surface area contributed by atoms with Gasteiger partial charge in [-0.2, -0.15) is 0 Å². The molecule has 0 aliphatic carbocycles. The fraction of sp³-hybridized carbons (Fsp3) is 0.583. The van der Waals surface area contributed by atoms with Gasteiger partial charge in [-0.1, -0.05) is 0 Å². The van der Waals surface area contributed by atoms with Gasteiger partial charge in [-0.15, -0.1) is 11.3 Å². The number of rotatable bonds is 2. The van der Waals surface area contributed by atoms with Gasteiger partial charge in [0.1, 0.15) is 4.88 Å². The number of thiophene rings is 1. The summed E-state index contributed by atoms with van der Waals surface area (Å²) in [5.41, 5.74) is 6.33. The van der Waals surface area contributed by atoms with Gasteiger partial charge in [-0.05, 0) is 19.9 Å². The van der Waals surface area contributed by atoms with E-state index in [0.29, 0.717) is 10.6 Å². The van der Waals surface area contributed by atoms with E-state index in [9.17, 15) is 4.79 Å². The molecule has 1 fully saturated rings. The number of nitrogens with two attached hydrogens (primary N) is 1. The predicted molar refractivity (Wildman–Crippen MR) is 72.3 cm³/mol. The van der Waals surface area contributed by atoms with Gasteiger partial charge < -0.3 is 20.1 Å². The molecule has 2 rings (SSSR count). The second-order valence-electron chi connectivity index (χ2n) is 4.52. The molecule has 18 heavy (non-hydrogen) atoms. The molecule has 0 aromatic carbocycles. The number of nitrogen functional groups attached to an aromatic ring is 1. The number of hydrogen-bond donors (Lipinski definition) is 1. The first kappa shape index (κ1) is 13.2. The van der Waals surface area contributed by atoms with E-state index < -0.39 is 0 Å². The Kier molecular flexibility index (Phi) is 3.77. The van der Waals surface area contributed by atoms with Gasteiger partial charge in [0.2, 0.25) is 0 Å². The Morgan fingerprint density at radius 2 is 2.11 bits per heavy atom. The van der Waals surface area contributed by atoms with Gasteiger partial charge in [0.05, 0.1) is 30.0 Å². The molecule has 0 radical (unpaired) electrons. The molecular weight excluding hydrogens is 252 g/mol. The van der Waals surface area contributed by atoms with Crippen molar-refractivity contribution >= 4 is 28.0 Å². The van der Waals surface area contributed by atoms with Crippen LogP contribution in [0.25, 0.3) is 0 Å². The Morgan fingerprint density at radius 1 is 1.50 bits per heavy atom. The highest BCUT2D eigenvalue weighted by atomic mass is 32.1. The van der Waals surface area contributed by atoms with Crippen molar-refractivity contribution in [1.82, 2.24) is 0 Å². The summed E-state index contributed by atoms with van der Waals surface area (Å²) in [6.07, 6.45) is 0.359. The van der Waals surface area contributed by atoms with E-state index in [0.717, 1.165) is 18.1 Å². The topological polar surface area (TPSA) is 64.8 Å². The van der Waals surface area contributed by atoms with Crippen LogP contribution in [0.3, 0.4) is 0 Å². The molecular formula is C12H18N2O3S. The molecule has 2 atom stereocenters. The summed E-state index contributed by atoms with van der Waals surface area (Å²) in [4.78, 5) is 14.2. The average Bonchev–Trinajstić information content (AvgIpc) is 2.69. The number of carbonyl (C=O) groups excluding carboxylic acids is 1. The van der Waals surface area contributed by atoms with Crippen LogP contribution in [0, 0.1) is 0 Å². The van der Waals surface area contributed by atoms with Crippen molar-refractivity contribution < 1.29 is 14.3 Å².